The Morgan fingerprint density at radius 1 is 0.857 bits per heavy atom. The predicted molar refractivity (Wildman–Crippen MR) is 74.5 cm³/mol. The first-order chi connectivity index (χ1) is 10.1. The van der Waals surface area contributed by atoms with E-state index in [0.717, 1.165) is 0 Å². The molecule has 21 heavy (non-hydrogen) atoms. The number of nitrogens with one attached hydrogen (secondary N) is 2. The molecule has 2 amide bonds. The SMILES string of the molecule is O=C(NNC(=O)c1ccccc1[N+](=O)[O-])c1ccccc1. The molecule has 0 fully saturated rings. The van der Waals surface area contributed by atoms with Gasteiger partial charge in [-0.2, -0.15) is 0 Å². The number of nitro benzene ring substituents is 1. The predicted octanol–water partition coefficient (Wildman–Crippen LogP) is 1.67. The largest absolute Gasteiger partial charge is 0.282 e. The van der Waals surface area contributed by atoms with Gasteiger partial charge in [0.25, 0.3) is 17.5 Å². The summed E-state index contributed by atoms with van der Waals surface area (Å²) in [6.07, 6.45) is 0. The Morgan fingerprint density at radius 2 is 1.43 bits per heavy atom. The summed E-state index contributed by atoms with van der Waals surface area (Å²) in [5.41, 5.74) is 4.25. The van der Waals surface area contributed by atoms with E-state index >= 15 is 0 Å². The molecule has 0 radical (unpaired) electrons. The summed E-state index contributed by atoms with van der Waals surface area (Å²) in [6, 6.07) is 13.7. The molecule has 7 heteroatoms. The maximum Gasteiger partial charge on any atom is 0.282 e. The van der Waals surface area contributed by atoms with Crippen molar-refractivity contribution < 1.29 is 14.5 Å². The molecule has 0 saturated carbocycles. The van der Waals surface area contributed by atoms with E-state index in [1.54, 1.807) is 30.3 Å². The van der Waals surface area contributed by atoms with Crippen LogP contribution in [0.25, 0.3) is 0 Å². The molecular weight excluding hydrogens is 274 g/mol. The van der Waals surface area contributed by atoms with Gasteiger partial charge in [0, 0.05) is 11.6 Å². The number of para-hydroxylation sites is 1. The van der Waals surface area contributed by atoms with Gasteiger partial charge in [-0.25, -0.2) is 0 Å². The minimum Gasteiger partial charge on any atom is -0.267 e. The van der Waals surface area contributed by atoms with Crippen molar-refractivity contribution in [3.63, 3.8) is 0 Å². The van der Waals surface area contributed by atoms with E-state index in [-0.39, 0.29) is 11.3 Å². The molecule has 0 unspecified atom stereocenters. The molecule has 2 aromatic carbocycles. The van der Waals surface area contributed by atoms with Gasteiger partial charge in [-0.1, -0.05) is 30.3 Å². The summed E-state index contributed by atoms with van der Waals surface area (Å²) in [4.78, 5) is 33.8. The van der Waals surface area contributed by atoms with Crippen molar-refractivity contribution >= 4 is 17.5 Å². The molecule has 0 aliphatic carbocycles. The second-order valence-corrected chi connectivity index (χ2v) is 4.05. The van der Waals surface area contributed by atoms with Crippen molar-refractivity contribution in [3.8, 4) is 0 Å². The monoisotopic (exact) mass is 285 g/mol. The lowest BCUT2D eigenvalue weighted by molar-refractivity contribution is -0.385. The molecule has 0 aromatic heterocycles. The summed E-state index contributed by atoms with van der Waals surface area (Å²) in [5, 5.41) is 10.8. The molecule has 0 heterocycles. The van der Waals surface area contributed by atoms with Gasteiger partial charge in [0.1, 0.15) is 5.56 Å². The lowest BCUT2D eigenvalue weighted by Crippen LogP contribution is -2.41. The van der Waals surface area contributed by atoms with Crippen LogP contribution in [-0.2, 0) is 0 Å². The van der Waals surface area contributed by atoms with Gasteiger partial charge >= 0.3 is 0 Å². The highest BCUT2D eigenvalue weighted by atomic mass is 16.6. The van der Waals surface area contributed by atoms with E-state index in [1.165, 1.54) is 24.3 Å². The van der Waals surface area contributed by atoms with Gasteiger partial charge in [0.2, 0.25) is 0 Å². The molecule has 0 saturated heterocycles. The fraction of sp³-hybridized carbons (Fsp3) is 0. The van der Waals surface area contributed by atoms with E-state index in [0.29, 0.717) is 5.56 Å². The van der Waals surface area contributed by atoms with Crippen LogP contribution in [0.5, 0.6) is 0 Å². The first-order valence-electron chi connectivity index (χ1n) is 5.99. The van der Waals surface area contributed by atoms with Crippen LogP contribution in [0.2, 0.25) is 0 Å². The number of carbonyl (C=O) groups excluding carboxylic acids is 2. The molecule has 0 bridgehead atoms. The van der Waals surface area contributed by atoms with Gasteiger partial charge in [-0.3, -0.25) is 30.6 Å². The van der Waals surface area contributed by atoms with Gasteiger partial charge in [0.15, 0.2) is 0 Å². The van der Waals surface area contributed by atoms with Crippen LogP contribution in [-0.4, -0.2) is 16.7 Å². The van der Waals surface area contributed by atoms with Crippen molar-refractivity contribution in [2.45, 2.75) is 0 Å². The molecule has 0 aliphatic heterocycles. The Hall–Kier alpha value is -3.22. The quantitative estimate of drug-likeness (QED) is 0.661. The van der Waals surface area contributed by atoms with Gasteiger partial charge in [-0.05, 0) is 18.2 Å². The number of hydrazine groups is 1. The van der Waals surface area contributed by atoms with Crippen LogP contribution in [0.15, 0.2) is 54.6 Å². The van der Waals surface area contributed by atoms with Crippen molar-refractivity contribution in [2.24, 2.45) is 0 Å². The number of carbonyl (C=O) groups is 2. The van der Waals surface area contributed by atoms with Gasteiger partial charge in [0.05, 0.1) is 4.92 Å². The van der Waals surface area contributed by atoms with Gasteiger partial charge in [-0.15, -0.1) is 0 Å². The second kappa shape index (κ2) is 6.29. The minimum atomic E-state index is -0.758. The molecular formula is C14H11N3O4. The van der Waals surface area contributed by atoms with Crippen LogP contribution < -0.4 is 10.9 Å². The molecule has 7 nitrogen and oxygen atoms in total. The number of hydrogen-bond acceptors (Lipinski definition) is 4. The van der Waals surface area contributed by atoms with E-state index < -0.39 is 16.7 Å². The fourth-order valence-electron chi connectivity index (χ4n) is 1.67. The molecule has 2 aromatic rings. The number of rotatable bonds is 3. The van der Waals surface area contributed by atoms with Crippen LogP contribution in [0.1, 0.15) is 20.7 Å². The average molecular weight is 285 g/mol. The molecule has 106 valence electrons. The number of nitrogens with zero attached hydrogens (tertiary/aromatic N) is 1. The van der Waals surface area contributed by atoms with Crippen LogP contribution in [0, 0.1) is 10.1 Å². The van der Waals surface area contributed by atoms with Gasteiger partial charge < -0.3 is 0 Å². The molecule has 0 aliphatic rings. The third-order valence-electron chi connectivity index (χ3n) is 2.67. The average Bonchev–Trinajstić information content (AvgIpc) is 2.53. The third kappa shape index (κ3) is 3.41. The Bertz CT molecular complexity index is 686. The smallest absolute Gasteiger partial charge is 0.267 e. The highest BCUT2D eigenvalue weighted by Crippen LogP contribution is 2.16. The first kappa shape index (κ1) is 14.2. The minimum absolute atomic E-state index is 0.129. The number of hydrogen-bond donors (Lipinski definition) is 2. The Labute approximate surface area is 119 Å². The zero-order chi connectivity index (χ0) is 15.2. The highest BCUT2D eigenvalue weighted by Gasteiger charge is 2.19. The maximum absolute atomic E-state index is 11.9. The standard InChI is InChI=1S/C14H11N3O4/c18-13(10-6-2-1-3-7-10)15-16-14(19)11-8-4-5-9-12(11)17(20)21/h1-9H,(H,15,18)(H,16,19). The molecule has 2 N–H and O–H groups in total. The number of benzene rings is 2. The lowest BCUT2D eigenvalue weighted by atomic mass is 10.2. The van der Waals surface area contributed by atoms with Crippen LogP contribution >= 0.6 is 0 Å². The topological polar surface area (TPSA) is 101 Å². The van der Waals surface area contributed by atoms with E-state index in [2.05, 4.69) is 10.9 Å². The zero-order valence-electron chi connectivity index (χ0n) is 10.8. The van der Waals surface area contributed by atoms with Crippen molar-refractivity contribution in [3.05, 3.63) is 75.8 Å². The fourth-order valence-corrected chi connectivity index (χ4v) is 1.67. The summed E-state index contributed by atoms with van der Waals surface area (Å²) in [5.74, 6) is -1.27. The molecule has 0 atom stereocenters. The Morgan fingerprint density at radius 3 is 2.10 bits per heavy atom. The zero-order valence-corrected chi connectivity index (χ0v) is 10.8. The van der Waals surface area contributed by atoms with E-state index in [1.807, 2.05) is 0 Å². The third-order valence-corrected chi connectivity index (χ3v) is 2.67. The summed E-state index contributed by atoms with van der Waals surface area (Å²) < 4.78 is 0. The van der Waals surface area contributed by atoms with E-state index in [9.17, 15) is 19.7 Å². The highest BCUT2D eigenvalue weighted by molar-refractivity contribution is 6.01. The van der Waals surface area contributed by atoms with E-state index in [4.69, 9.17) is 0 Å². The van der Waals surface area contributed by atoms with Crippen molar-refractivity contribution in [1.82, 2.24) is 10.9 Å². The summed E-state index contributed by atoms with van der Waals surface area (Å²) in [7, 11) is 0. The second-order valence-electron chi connectivity index (χ2n) is 4.05. The lowest BCUT2D eigenvalue weighted by Gasteiger charge is -2.07. The molecule has 0 spiro atoms. The number of amides is 2. The first-order valence-corrected chi connectivity index (χ1v) is 5.99. The maximum atomic E-state index is 11.9. The number of nitro groups is 1. The van der Waals surface area contributed by atoms with Crippen LogP contribution in [0.3, 0.4) is 0 Å². The van der Waals surface area contributed by atoms with Crippen LogP contribution in [0.4, 0.5) is 5.69 Å². The summed E-state index contributed by atoms with van der Waals surface area (Å²) >= 11 is 0. The normalized spacial score (nSPS) is 9.71. The Kier molecular flexibility index (Phi) is 4.25. The Balaban J connectivity index is 2.06. The van der Waals surface area contributed by atoms with Crippen molar-refractivity contribution in [2.75, 3.05) is 0 Å². The van der Waals surface area contributed by atoms with Crippen molar-refractivity contribution in [1.29, 1.82) is 0 Å². The summed E-state index contributed by atoms with van der Waals surface area (Å²) in [6.45, 7) is 0. The molecule has 2 rings (SSSR count).